The van der Waals surface area contributed by atoms with Crippen molar-refractivity contribution >= 4 is 35.8 Å². The predicted octanol–water partition coefficient (Wildman–Crippen LogP) is 3.68. The summed E-state index contributed by atoms with van der Waals surface area (Å²) in [7, 11) is 0. The first-order valence-electron chi connectivity index (χ1n) is 9.66. The van der Waals surface area contributed by atoms with Crippen molar-refractivity contribution in [2.45, 2.75) is 27.3 Å². The van der Waals surface area contributed by atoms with E-state index in [2.05, 4.69) is 58.4 Å². The highest BCUT2D eigenvalue weighted by Crippen LogP contribution is 2.11. The molecule has 0 aliphatic carbocycles. The van der Waals surface area contributed by atoms with Crippen LogP contribution >= 0.6 is 24.0 Å². The van der Waals surface area contributed by atoms with Gasteiger partial charge in [-0.1, -0.05) is 24.3 Å². The summed E-state index contributed by atoms with van der Waals surface area (Å²) in [6.45, 7) is 10.9. The quantitative estimate of drug-likeness (QED) is 0.227. The summed E-state index contributed by atoms with van der Waals surface area (Å²) in [5, 5.41) is 6.55. The molecule has 0 amide bonds. The molecule has 154 valence electrons. The highest BCUT2D eigenvalue weighted by Gasteiger charge is 2.03. The van der Waals surface area contributed by atoms with Gasteiger partial charge in [-0.15, -0.1) is 24.0 Å². The van der Waals surface area contributed by atoms with E-state index in [1.165, 1.54) is 0 Å². The van der Waals surface area contributed by atoms with E-state index < -0.39 is 0 Å². The summed E-state index contributed by atoms with van der Waals surface area (Å²) in [6.07, 6.45) is 1.90. The molecule has 0 radical (unpaired) electrons. The molecule has 0 saturated heterocycles. The molecule has 0 bridgehead atoms. The summed E-state index contributed by atoms with van der Waals surface area (Å²) in [5.74, 6) is 2.67. The van der Waals surface area contributed by atoms with Crippen LogP contribution in [0, 0.1) is 0 Å². The van der Waals surface area contributed by atoms with E-state index in [0.717, 1.165) is 42.7 Å². The van der Waals surface area contributed by atoms with Crippen molar-refractivity contribution in [1.82, 2.24) is 15.6 Å². The number of aromatic nitrogens is 1. The van der Waals surface area contributed by atoms with Gasteiger partial charge in [-0.05, 0) is 44.5 Å². The van der Waals surface area contributed by atoms with Crippen molar-refractivity contribution in [1.29, 1.82) is 0 Å². The minimum Gasteiger partial charge on any atom is -0.492 e. The predicted molar refractivity (Wildman–Crippen MR) is 128 cm³/mol. The number of ether oxygens (including phenoxy) is 1. The molecule has 0 aliphatic heterocycles. The van der Waals surface area contributed by atoms with Crippen LogP contribution in [0.1, 0.15) is 26.3 Å². The first kappa shape index (κ1) is 24.0. The fourth-order valence-corrected chi connectivity index (χ4v) is 2.61. The number of aliphatic imine (C=N–C) groups is 1. The van der Waals surface area contributed by atoms with Gasteiger partial charge in [0.05, 0.1) is 13.1 Å². The van der Waals surface area contributed by atoms with Crippen LogP contribution in [0.5, 0.6) is 5.75 Å². The first-order chi connectivity index (χ1) is 13.3. The number of halogens is 1. The standard InChI is InChI=1S/C21H31N5O.HI/c1-4-22-21(23-14-15-27-19-10-8-7-9-11-19)25-17-18-12-13-20(24-16-18)26(5-2)6-3;/h7-13,16H,4-6,14-15,17H2,1-3H3,(H2,22,23,25);1H. The molecule has 0 atom stereocenters. The summed E-state index contributed by atoms with van der Waals surface area (Å²) < 4.78 is 5.69. The molecule has 0 unspecified atom stereocenters. The molecule has 2 N–H and O–H groups in total. The molecule has 2 aromatic rings. The van der Waals surface area contributed by atoms with E-state index in [0.29, 0.717) is 19.7 Å². The number of hydrogen-bond acceptors (Lipinski definition) is 4. The highest BCUT2D eigenvalue weighted by molar-refractivity contribution is 14.0. The summed E-state index contributed by atoms with van der Waals surface area (Å²) >= 11 is 0. The Kier molecular flexibility index (Phi) is 12.0. The van der Waals surface area contributed by atoms with Crippen LogP contribution in [-0.4, -0.2) is 43.7 Å². The zero-order valence-corrected chi connectivity index (χ0v) is 19.3. The van der Waals surface area contributed by atoms with E-state index in [-0.39, 0.29) is 24.0 Å². The van der Waals surface area contributed by atoms with Crippen molar-refractivity contribution in [2.24, 2.45) is 4.99 Å². The zero-order valence-electron chi connectivity index (χ0n) is 17.0. The van der Waals surface area contributed by atoms with Gasteiger partial charge in [0.1, 0.15) is 18.2 Å². The van der Waals surface area contributed by atoms with Gasteiger partial charge in [-0.25, -0.2) is 9.98 Å². The van der Waals surface area contributed by atoms with E-state index in [1.807, 2.05) is 36.5 Å². The minimum atomic E-state index is 0. The largest absolute Gasteiger partial charge is 0.492 e. The molecule has 7 heteroatoms. The number of hydrogen-bond donors (Lipinski definition) is 2. The Bertz CT molecular complexity index is 675. The van der Waals surface area contributed by atoms with Crippen molar-refractivity contribution in [3.8, 4) is 5.75 Å². The van der Waals surface area contributed by atoms with Crippen molar-refractivity contribution in [2.75, 3.05) is 37.7 Å². The maximum Gasteiger partial charge on any atom is 0.191 e. The summed E-state index contributed by atoms with van der Waals surface area (Å²) in [5.41, 5.74) is 1.09. The molecule has 0 aliphatic rings. The lowest BCUT2D eigenvalue weighted by atomic mass is 10.3. The Morgan fingerprint density at radius 1 is 1.04 bits per heavy atom. The Morgan fingerprint density at radius 3 is 2.39 bits per heavy atom. The molecular formula is C21H32IN5O. The van der Waals surface area contributed by atoms with Gasteiger partial charge in [0.25, 0.3) is 0 Å². The average Bonchev–Trinajstić information content (AvgIpc) is 2.72. The number of benzene rings is 1. The number of anilines is 1. The Morgan fingerprint density at radius 2 is 1.79 bits per heavy atom. The monoisotopic (exact) mass is 497 g/mol. The topological polar surface area (TPSA) is 61.8 Å². The van der Waals surface area contributed by atoms with Gasteiger partial charge >= 0.3 is 0 Å². The molecule has 1 aromatic carbocycles. The lowest BCUT2D eigenvalue weighted by molar-refractivity contribution is 0.322. The molecular weight excluding hydrogens is 465 g/mol. The highest BCUT2D eigenvalue weighted by atomic mass is 127. The number of rotatable bonds is 10. The van der Waals surface area contributed by atoms with Gasteiger partial charge in [-0.3, -0.25) is 0 Å². The van der Waals surface area contributed by atoms with Gasteiger partial charge in [-0.2, -0.15) is 0 Å². The Balaban J connectivity index is 0.00000392. The number of nitrogens with zero attached hydrogens (tertiary/aromatic N) is 3. The molecule has 2 rings (SSSR count). The molecule has 0 fully saturated rings. The van der Waals surface area contributed by atoms with Crippen LogP contribution in [0.3, 0.4) is 0 Å². The lowest BCUT2D eigenvalue weighted by Crippen LogP contribution is -2.39. The normalized spacial score (nSPS) is 10.8. The van der Waals surface area contributed by atoms with Crippen LogP contribution < -0.4 is 20.3 Å². The minimum absolute atomic E-state index is 0. The molecule has 28 heavy (non-hydrogen) atoms. The van der Waals surface area contributed by atoms with Crippen LogP contribution in [-0.2, 0) is 6.54 Å². The smallest absolute Gasteiger partial charge is 0.191 e. The molecule has 1 aromatic heterocycles. The Hall–Kier alpha value is -2.03. The second kappa shape index (κ2) is 14.0. The number of pyridine rings is 1. The van der Waals surface area contributed by atoms with Gasteiger partial charge in [0, 0.05) is 25.8 Å². The maximum atomic E-state index is 5.69. The number of para-hydroxylation sites is 1. The molecule has 0 saturated carbocycles. The van der Waals surface area contributed by atoms with Crippen molar-refractivity contribution < 1.29 is 4.74 Å². The number of guanidine groups is 1. The van der Waals surface area contributed by atoms with E-state index in [1.54, 1.807) is 0 Å². The second-order valence-corrected chi connectivity index (χ2v) is 5.98. The zero-order chi connectivity index (χ0) is 19.3. The average molecular weight is 497 g/mol. The van der Waals surface area contributed by atoms with Crippen molar-refractivity contribution in [3.63, 3.8) is 0 Å². The van der Waals surface area contributed by atoms with Gasteiger partial charge in [0.15, 0.2) is 5.96 Å². The fourth-order valence-electron chi connectivity index (χ4n) is 2.61. The molecule has 6 nitrogen and oxygen atoms in total. The SMILES string of the molecule is CCNC(=NCc1ccc(N(CC)CC)nc1)NCCOc1ccccc1.I. The Labute approximate surface area is 185 Å². The lowest BCUT2D eigenvalue weighted by Gasteiger charge is -2.19. The third-order valence-corrected chi connectivity index (χ3v) is 4.07. The van der Waals surface area contributed by atoms with E-state index in [9.17, 15) is 0 Å². The van der Waals surface area contributed by atoms with Crippen molar-refractivity contribution in [3.05, 3.63) is 54.2 Å². The van der Waals surface area contributed by atoms with Gasteiger partial charge < -0.3 is 20.3 Å². The van der Waals surface area contributed by atoms with Gasteiger partial charge in [0.2, 0.25) is 0 Å². The fraction of sp³-hybridized carbons (Fsp3) is 0.429. The maximum absolute atomic E-state index is 5.69. The second-order valence-electron chi connectivity index (χ2n) is 5.98. The molecule has 1 heterocycles. The number of nitrogens with one attached hydrogen (secondary N) is 2. The van der Waals surface area contributed by atoms with E-state index in [4.69, 9.17) is 4.74 Å². The van der Waals surface area contributed by atoms with Crippen LogP contribution in [0.25, 0.3) is 0 Å². The van der Waals surface area contributed by atoms with Crippen LogP contribution in [0.2, 0.25) is 0 Å². The van der Waals surface area contributed by atoms with Crippen LogP contribution in [0.15, 0.2) is 53.7 Å². The summed E-state index contributed by atoms with van der Waals surface area (Å²) in [6, 6.07) is 14.0. The first-order valence-corrected chi connectivity index (χ1v) is 9.66. The summed E-state index contributed by atoms with van der Waals surface area (Å²) in [4.78, 5) is 11.4. The van der Waals surface area contributed by atoms with Crippen LogP contribution in [0.4, 0.5) is 5.82 Å². The molecule has 0 spiro atoms. The van der Waals surface area contributed by atoms with E-state index >= 15 is 0 Å². The third kappa shape index (κ3) is 8.33. The third-order valence-electron chi connectivity index (χ3n) is 4.07.